The Hall–Kier alpha value is -2.66. The number of Topliss-reactive ketones (excluding diaryl/α,β-unsaturated/α-hetero) is 1. The number of quaternary nitrogens is 1. The number of benzene rings is 2. The zero-order valence-corrected chi connectivity index (χ0v) is 19.3. The first-order valence-electron chi connectivity index (χ1n) is 11.4. The summed E-state index contributed by atoms with van der Waals surface area (Å²) >= 11 is 0. The Labute approximate surface area is 186 Å². The second kappa shape index (κ2) is 10.6. The summed E-state index contributed by atoms with van der Waals surface area (Å²) in [5, 5.41) is 3.27. The van der Waals surface area contributed by atoms with Crippen molar-refractivity contribution < 1.29 is 14.5 Å². The van der Waals surface area contributed by atoms with Crippen LogP contribution >= 0.6 is 0 Å². The molecule has 5 heteroatoms. The number of carbonyl (C=O) groups is 2. The monoisotopic (exact) mass is 422 g/mol. The summed E-state index contributed by atoms with van der Waals surface area (Å²) in [7, 11) is 0. The van der Waals surface area contributed by atoms with Crippen molar-refractivity contribution in [3.05, 3.63) is 65.2 Å². The van der Waals surface area contributed by atoms with Gasteiger partial charge >= 0.3 is 0 Å². The average Bonchev–Trinajstić information content (AvgIpc) is 2.78. The lowest BCUT2D eigenvalue weighted by Crippen LogP contribution is -3.16. The highest BCUT2D eigenvalue weighted by Crippen LogP contribution is 2.22. The predicted octanol–water partition coefficient (Wildman–Crippen LogP) is 2.67. The van der Waals surface area contributed by atoms with Gasteiger partial charge in [0.1, 0.15) is 0 Å². The van der Waals surface area contributed by atoms with Gasteiger partial charge in [-0.3, -0.25) is 9.59 Å². The highest BCUT2D eigenvalue weighted by Gasteiger charge is 2.25. The summed E-state index contributed by atoms with van der Waals surface area (Å²) in [4.78, 5) is 27.9. The molecule has 1 aliphatic heterocycles. The number of ketones is 1. The summed E-state index contributed by atoms with van der Waals surface area (Å²) in [6.45, 7) is 12.2. The van der Waals surface area contributed by atoms with Gasteiger partial charge in [0.25, 0.3) is 5.91 Å². The first kappa shape index (κ1) is 23.0. The normalized spacial score (nSPS) is 15.7. The van der Waals surface area contributed by atoms with E-state index in [1.165, 1.54) is 16.0 Å². The topological polar surface area (TPSA) is 53.9 Å². The number of hydrogen-bond acceptors (Lipinski definition) is 3. The van der Waals surface area contributed by atoms with Crippen molar-refractivity contribution in [2.75, 3.05) is 37.6 Å². The van der Waals surface area contributed by atoms with Crippen LogP contribution in [0.2, 0.25) is 0 Å². The number of piperazine rings is 1. The summed E-state index contributed by atoms with van der Waals surface area (Å²) in [5.41, 5.74) is 4.38. The van der Waals surface area contributed by atoms with E-state index < -0.39 is 0 Å². The van der Waals surface area contributed by atoms with Gasteiger partial charge in [-0.05, 0) is 54.7 Å². The van der Waals surface area contributed by atoms with Gasteiger partial charge in [0.15, 0.2) is 12.3 Å². The molecule has 1 aliphatic rings. The van der Waals surface area contributed by atoms with Gasteiger partial charge in [-0.2, -0.15) is 0 Å². The number of amides is 1. The van der Waals surface area contributed by atoms with Crippen LogP contribution in [0, 0.1) is 5.92 Å². The first-order chi connectivity index (χ1) is 14.9. The van der Waals surface area contributed by atoms with E-state index in [1.54, 1.807) is 6.92 Å². The number of hydrogen-bond donors (Lipinski definition) is 2. The molecule has 0 saturated carbocycles. The third kappa shape index (κ3) is 6.17. The molecule has 2 aromatic rings. The zero-order chi connectivity index (χ0) is 22.4. The molecule has 5 nitrogen and oxygen atoms in total. The number of anilines is 1. The van der Waals surface area contributed by atoms with E-state index in [9.17, 15) is 9.59 Å². The Kier molecular flexibility index (Phi) is 7.85. The summed E-state index contributed by atoms with van der Waals surface area (Å²) in [5.74, 6) is 0.543. The smallest absolute Gasteiger partial charge is 0.275 e. The molecule has 0 radical (unpaired) electrons. The molecule has 166 valence electrons. The molecule has 1 atom stereocenters. The van der Waals surface area contributed by atoms with Crippen LogP contribution in [-0.2, 0) is 11.2 Å². The van der Waals surface area contributed by atoms with Crippen molar-refractivity contribution in [2.24, 2.45) is 5.92 Å². The van der Waals surface area contributed by atoms with E-state index in [0.29, 0.717) is 12.5 Å². The van der Waals surface area contributed by atoms with Gasteiger partial charge in [-0.1, -0.05) is 45.0 Å². The van der Waals surface area contributed by atoms with Crippen LogP contribution in [0.5, 0.6) is 0 Å². The lowest BCUT2D eigenvalue weighted by atomic mass is 9.95. The van der Waals surface area contributed by atoms with E-state index in [4.69, 9.17) is 0 Å². The molecule has 3 rings (SSSR count). The SMILES string of the molecule is CCc1ccc([C@H](NC(=O)C[NH+]2CCN(c3ccc(C(C)=O)cc3)CC2)C(C)C)cc1. The van der Waals surface area contributed by atoms with E-state index in [0.717, 1.165) is 43.9 Å². The molecule has 2 aromatic carbocycles. The number of aryl methyl sites for hydroxylation is 1. The van der Waals surface area contributed by atoms with Crippen molar-refractivity contribution in [2.45, 2.75) is 40.2 Å². The van der Waals surface area contributed by atoms with Gasteiger partial charge in [0, 0.05) is 11.3 Å². The maximum Gasteiger partial charge on any atom is 0.275 e. The standard InChI is InChI=1S/C26H35N3O2/c1-5-21-6-8-23(9-7-21)26(19(2)3)27-25(31)18-28-14-16-29(17-15-28)24-12-10-22(11-13-24)20(4)30/h6-13,19,26H,5,14-18H2,1-4H3,(H,27,31)/p+1/t26-/m1/s1. The molecular weight excluding hydrogens is 386 g/mol. The minimum atomic E-state index is 0.0406. The van der Waals surface area contributed by atoms with Crippen molar-refractivity contribution in [3.63, 3.8) is 0 Å². The van der Waals surface area contributed by atoms with Crippen LogP contribution in [0.4, 0.5) is 5.69 Å². The Morgan fingerprint density at radius 1 is 1.00 bits per heavy atom. The van der Waals surface area contributed by atoms with Gasteiger partial charge in [-0.25, -0.2) is 0 Å². The van der Waals surface area contributed by atoms with Gasteiger partial charge in [0.05, 0.1) is 32.2 Å². The second-order valence-corrected chi connectivity index (χ2v) is 8.90. The van der Waals surface area contributed by atoms with Gasteiger partial charge in [-0.15, -0.1) is 0 Å². The van der Waals surface area contributed by atoms with Crippen LogP contribution in [0.15, 0.2) is 48.5 Å². The molecule has 0 bridgehead atoms. The van der Waals surface area contributed by atoms with Crippen LogP contribution in [-0.4, -0.2) is 44.4 Å². The highest BCUT2D eigenvalue weighted by atomic mass is 16.2. The summed E-state index contributed by atoms with van der Waals surface area (Å²) in [6.07, 6.45) is 1.02. The molecule has 1 heterocycles. The zero-order valence-electron chi connectivity index (χ0n) is 19.3. The van der Waals surface area contributed by atoms with Crippen LogP contribution in [0.3, 0.4) is 0 Å². The fourth-order valence-corrected chi connectivity index (χ4v) is 4.21. The molecule has 0 aliphatic carbocycles. The van der Waals surface area contributed by atoms with Gasteiger partial charge in [0.2, 0.25) is 0 Å². The minimum absolute atomic E-state index is 0.0406. The van der Waals surface area contributed by atoms with Crippen molar-refractivity contribution >= 4 is 17.4 Å². The third-order valence-electron chi connectivity index (χ3n) is 6.25. The van der Waals surface area contributed by atoms with Gasteiger partial charge < -0.3 is 15.1 Å². The molecule has 2 N–H and O–H groups in total. The lowest BCUT2D eigenvalue weighted by Gasteiger charge is -2.34. The fourth-order valence-electron chi connectivity index (χ4n) is 4.21. The maximum atomic E-state index is 12.8. The molecule has 1 fully saturated rings. The Balaban J connectivity index is 1.52. The minimum Gasteiger partial charge on any atom is -0.360 e. The van der Waals surface area contributed by atoms with Crippen molar-refractivity contribution in [3.8, 4) is 0 Å². The molecule has 0 aromatic heterocycles. The number of carbonyl (C=O) groups excluding carboxylic acids is 2. The van der Waals surface area contributed by atoms with Crippen LogP contribution < -0.4 is 15.1 Å². The van der Waals surface area contributed by atoms with Crippen molar-refractivity contribution in [1.29, 1.82) is 0 Å². The molecule has 31 heavy (non-hydrogen) atoms. The second-order valence-electron chi connectivity index (χ2n) is 8.90. The number of nitrogens with zero attached hydrogens (tertiary/aromatic N) is 1. The molecular formula is C26H36N3O2+. The van der Waals surface area contributed by atoms with Crippen LogP contribution in [0.25, 0.3) is 0 Å². The summed E-state index contributed by atoms with van der Waals surface area (Å²) in [6, 6.07) is 16.5. The fraction of sp³-hybridized carbons (Fsp3) is 0.462. The number of nitrogens with one attached hydrogen (secondary N) is 2. The quantitative estimate of drug-likeness (QED) is 0.643. The molecule has 0 unspecified atom stereocenters. The molecule has 1 amide bonds. The first-order valence-corrected chi connectivity index (χ1v) is 11.4. The molecule has 1 saturated heterocycles. The summed E-state index contributed by atoms with van der Waals surface area (Å²) < 4.78 is 0. The number of rotatable bonds is 8. The molecule has 0 spiro atoms. The van der Waals surface area contributed by atoms with E-state index in [1.807, 2.05) is 24.3 Å². The average molecular weight is 423 g/mol. The van der Waals surface area contributed by atoms with E-state index >= 15 is 0 Å². The highest BCUT2D eigenvalue weighted by molar-refractivity contribution is 5.94. The van der Waals surface area contributed by atoms with E-state index in [2.05, 4.69) is 55.3 Å². The predicted molar refractivity (Wildman–Crippen MR) is 126 cm³/mol. The maximum absolute atomic E-state index is 12.8. The van der Waals surface area contributed by atoms with Crippen LogP contribution in [0.1, 0.15) is 55.2 Å². The third-order valence-corrected chi connectivity index (χ3v) is 6.25. The Morgan fingerprint density at radius 2 is 1.61 bits per heavy atom. The largest absolute Gasteiger partial charge is 0.360 e. The Bertz CT molecular complexity index is 867. The van der Waals surface area contributed by atoms with Crippen molar-refractivity contribution in [1.82, 2.24) is 5.32 Å². The van der Waals surface area contributed by atoms with E-state index in [-0.39, 0.29) is 17.7 Å². The lowest BCUT2D eigenvalue weighted by molar-refractivity contribution is -0.892. The Morgan fingerprint density at radius 3 is 2.13 bits per heavy atom.